The van der Waals surface area contributed by atoms with Crippen molar-refractivity contribution in [2.75, 3.05) is 19.0 Å². The van der Waals surface area contributed by atoms with E-state index in [1.165, 1.54) is 0 Å². The Bertz CT molecular complexity index is 1000. The monoisotopic (exact) mass is 434 g/mol. The molecule has 1 amide bonds. The third-order valence-electron chi connectivity index (χ3n) is 4.77. The number of carboxylic acids is 1. The lowest BCUT2D eigenvalue weighted by molar-refractivity contribution is -0.141. The molecule has 3 rings (SSSR count). The van der Waals surface area contributed by atoms with Crippen LogP contribution in [0.5, 0.6) is 17.2 Å². The van der Waals surface area contributed by atoms with Gasteiger partial charge in [0, 0.05) is 5.69 Å². The number of amides is 1. The minimum Gasteiger partial charge on any atom is -0.497 e. The first-order valence-corrected chi connectivity index (χ1v) is 10.3. The van der Waals surface area contributed by atoms with Gasteiger partial charge in [0.05, 0.1) is 13.5 Å². The van der Waals surface area contributed by atoms with Crippen LogP contribution < -0.4 is 20.1 Å². The van der Waals surface area contributed by atoms with Gasteiger partial charge in [0.1, 0.15) is 23.3 Å². The second-order valence-electron chi connectivity index (χ2n) is 7.13. The highest BCUT2D eigenvalue weighted by atomic mass is 16.5. The Morgan fingerprint density at radius 1 is 0.875 bits per heavy atom. The van der Waals surface area contributed by atoms with E-state index in [2.05, 4.69) is 10.6 Å². The molecule has 0 bridgehead atoms. The minimum absolute atomic E-state index is 0.180. The van der Waals surface area contributed by atoms with Gasteiger partial charge in [-0.2, -0.15) is 0 Å². The van der Waals surface area contributed by atoms with E-state index in [0.717, 1.165) is 11.3 Å². The van der Waals surface area contributed by atoms with Crippen molar-refractivity contribution in [2.24, 2.45) is 0 Å². The molecule has 3 aromatic rings. The van der Waals surface area contributed by atoms with E-state index in [1.807, 2.05) is 54.6 Å². The van der Waals surface area contributed by atoms with Gasteiger partial charge in [0.2, 0.25) is 5.91 Å². The summed E-state index contributed by atoms with van der Waals surface area (Å²) < 4.78 is 10.8. The molecule has 32 heavy (non-hydrogen) atoms. The summed E-state index contributed by atoms with van der Waals surface area (Å²) in [6.07, 6.45) is 0.457. The second kappa shape index (κ2) is 11.5. The Morgan fingerprint density at radius 2 is 1.50 bits per heavy atom. The molecule has 0 fully saturated rings. The fraction of sp³-hybridized carbons (Fsp3) is 0.200. The van der Waals surface area contributed by atoms with Crippen LogP contribution in [0.3, 0.4) is 0 Å². The van der Waals surface area contributed by atoms with Gasteiger partial charge < -0.3 is 25.2 Å². The number of nitrogens with one attached hydrogen (secondary N) is 2. The molecule has 0 aliphatic carbocycles. The zero-order valence-corrected chi connectivity index (χ0v) is 17.8. The number of benzene rings is 3. The van der Waals surface area contributed by atoms with Gasteiger partial charge >= 0.3 is 5.97 Å². The number of para-hydroxylation sites is 1. The number of methoxy groups -OCH3 is 1. The third-order valence-corrected chi connectivity index (χ3v) is 4.77. The Kier molecular flexibility index (Phi) is 8.22. The Morgan fingerprint density at radius 3 is 2.12 bits per heavy atom. The molecular weight excluding hydrogens is 408 g/mol. The molecule has 0 aliphatic rings. The second-order valence-corrected chi connectivity index (χ2v) is 7.13. The quantitative estimate of drug-likeness (QED) is 0.420. The average molecular weight is 434 g/mol. The molecular formula is C25H26N2O5. The number of rotatable bonds is 11. The highest BCUT2D eigenvalue weighted by molar-refractivity contribution is 5.94. The first-order valence-electron chi connectivity index (χ1n) is 10.3. The number of carbonyl (C=O) groups is 2. The minimum atomic E-state index is -1.07. The largest absolute Gasteiger partial charge is 0.497 e. The summed E-state index contributed by atoms with van der Waals surface area (Å²) in [5.41, 5.74) is 1.61. The van der Waals surface area contributed by atoms with Gasteiger partial charge in [-0.1, -0.05) is 30.3 Å². The first-order chi connectivity index (χ1) is 15.5. The molecule has 0 radical (unpaired) electrons. The molecule has 3 aromatic carbocycles. The zero-order chi connectivity index (χ0) is 22.8. The molecule has 0 aliphatic heterocycles. The van der Waals surface area contributed by atoms with Crippen molar-refractivity contribution >= 4 is 17.6 Å². The lowest BCUT2D eigenvalue weighted by Gasteiger charge is -2.15. The number of hydrogen-bond donors (Lipinski definition) is 3. The molecule has 3 N–H and O–H groups in total. The summed E-state index contributed by atoms with van der Waals surface area (Å²) in [4.78, 5) is 23.9. The van der Waals surface area contributed by atoms with Crippen LogP contribution in [0.4, 0.5) is 5.69 Å². The highest BCUT2D eigenvalue weighted by Gasteiger charge is 2.20. The fourth-order valence-corrected chi connectivity index (χ4v) is 3.06. The topological polar surface area (TPSA) is 96.9 Å². The molecule has 0 unspecified atom stereocenters. The van der Waals surface area contributed by atoms with E-state index in [9.17, 15) is 14.7 Å². The third kappa shape index (κ3) is 7.14. The van der Waals surface area contributed by atoms with E-state index in [1.54, 1.807) is 31.4 Å². The molecule has 0 saturated carbocycles. The number of ether oxygens (including phenoxy) is 2. The van der Waals surface area contributed by atoms with Crippen molar-refractivity contribution < 1.29 is 24.2 Å². The van der Waals surface area contributed by atoms with Crippen LogP contribution >= 0.6 is 0 Å². The number of carboxylic acid groups (broad SMARTS) is 1. The Hall–Kier alpha value is -3.84. The van der Waals surface area contributed by atoms with Gasteiger partial charge in [-0.15, -0.1) is 0 Å². The van der Waals surface area contributed by atoms with Crippen molar-refractivity contribution in [3.05, 3.63) is 84.4 Å². The Balaban J connectivity index is 1.47. The molecule has 166 valence electrons. The molecule has 1 atom stereocenters. The van der Waals surface area contributed by atoms with Crippen LogP contribution in [0.2, 0.25) is 0 Å². The zero-order valence-electron chi connectivity index (χ0n) is 17.8. The summed E-state index contributed by atoms with van der Waals surface area (Å²) >= 11 is 0. The van der Waals surface area contributed by atoms with Gasteiger partial charge in [-0.3, -0.25) is 9.59 Å². The highest BCUT2D eigenvalue weighted by Crippen LogP contribution is 2.22. The average Bonchev–Trinajstić information content (AvgIpc) is 2.81. The molecule has 0 saturated heterocycles. The Labute approximate surface area is 187 Å². The van der Waals surface area contributed by atoms with Crippen LogP contribution in [0.1, 0.15) is 12.0 Å². The summed E-state index contributed by atoms with van der Waals surface area (Å²) in [7, 11) is 1.60. The van der Waals surface area contributed by atoms with Crippen molar-refractivity contribution in [3.63, 3.8) is 0 Å². The van der Waals surface area contributed by atoms with Crippen molar-refractivity contribution in [1.82, 2.24) is 5.32 Å². The fourth-order valence-electron chi connectivity index (χ4n) is 3.06. The molecule has 0 spiro atoms. The van der Waals surface area contributed by atoms with Gasteiger partial charge in [-0.25, -0.2) is 0 Å². The normalized spacial score (nSPS) is 11.4. The lowest BCUT2D eigenvalue weighted by Crippen LogP contribution is -2.40. The van der Waals surface area contributed by atoms with E-state index in [4.69, 9.17) is 9.47 Å². The number of hydrogen-bond acceptors (Lipinski definition) is 5. The van der Waals surface area contributed by atoms with E-state index in [0.29, 0.717) is 30.2 Å². The summed E-state index contributed by atoms with van der Waals surface area (Å²) in [5.74, 6) is 0.668. The van der Waals surface area contributed by atoms with Crippen LogP contribution in [-0.4, -0.2) is 36.7 Å². The molecule has 7 nitrogen and oxygen atoms in total. The van der Waals surface area contributed by atoms with Crippen LogP contribution in [0.15, 0.2) is 78.9 Å². The predicted octanol–water partition coefficient (Wildman–Crippen LogP) is 4.10. The maximum absolute atomic E-state index is 12.3. The SMILES string of the molecule is COc1ccc(CCN[C@@H](CC(=O)Nc2ccc(Oc3ccccc3)cc2)C(=O)O)cc1. The predicted molar refractivity (Wildman–Crippen MR) is 122 cm³/mol. The lowest BCUT2D eigenvalue weighted by atomic mass is 10.1. The molecule has 7 heteroatoms. The van der Waals surface area contributed by atoms with E-state index >= 15 is 0 Å². The van der Waals surface area contributed by atoms with Crippen molar-refractivity contribution in [1.29, 1.82) is 0 Å². The van der Waals surface area contributed by atoms with Gasteiger partial charge in [0.25, 0.3) is 0 Å². The standard InChI is InChI=1S/C25H26N2O5/c1-31-20-11-7-18(8-12-20)15-16-26-23(25(29)30)17-24(28)27-19-9-13-22(14-10-19)32-21-5-3-2-4-6-21/h2-14,23,26H,15-17H2,1H3,(H,27,28)(H,29,30)/t23-/m0/s1. The summed E-state index contributed by atoms with van der Waals surface area (Å²) in [6, 6.07) is 22.9. The number of anilines is 1. The number of carbonyl (C=O) groups excluding carboxylic acids is 1. The van der Waals surface area contributed by atoms with Crippen molar-refractivity contribution in [3.8, 4) is 17.2 Å². The smallest absolute Gasteiger partial charge is 0.321 e. The summed E-state index contributed by atoms with van der Waals surface area (Å²) in [6.45, 7) is 0.433. The van der Waals surface area contributed by atoms with E-state index < -0.39 is 12.0 Å². The first kappa shape index (κ1) is 22.8. The summed E-state index contributed by atoms with van der Waals surface area (Å²) in [5, 5.41) is 15.1. The maximum atomic E-state index is 12.3. The number of aliphatic carboxylic acids is 1. The van der Waals surface area contributed by atoms with Crippen LogP contribution in [0, 0.1) is 0 Å². The van der Waals surface area contributed by atoms with Gasteiger partial charge in [-0.05, 0) is 67.1 Å². The molecule has 0 aromatic heterocycles. The molecule has 0 heterocycles. The van der Waals surface area contributed by atoms with Gasteiger partial charge in [0.15, 0.2) is 0 Å². The van der Waals surface area contributed by atoms with Crippen LogP contribution in [-0.2, 0) is 16.0 Å². The van der Waals surface area contributed by atoms with Crippen LogP contribution in [0.25, 0.3) is 0 Å². The van der Waals surface area contributed by atoms with Crippen molar-refractivity contribution in [2.45, 2.75) is 18.9 Å². The maximum Gasteiger partial charge on any atom is 0.321 e. The van der Waals surface area contributed by atoms with E-state index in [-0.39, 0.29) is 12.3 Å².